The van der Waals surface area contributed by atoms with Gasteiger partial charge < -0.3 is 15.0 Å². The first-order valence-corrected chi connectivity index (χ1v) is 8.48. The third kappa shape index (κ3) is 3.82. The smallest absolute Gasteiger partial charge is 0.253 e. The normalized spacial score (nSPS) is 16.5. The lowest BCUT2D eigenvalue weighted by Gasteiger charge is -2.26. The van der Waals surface area contributed by atoms with Crippen molar-refractivity contribution in [3.05, 3.63) is 66.4 Å². The van der Waals surface area contributed by atoms with Crippen LogP contribution in [-0.2, 0) is 0 Å². The second-order valence-electron chi connectivity index (χ2n) is 6.03. The van der Waals surface area contributed by atoms with Crippen LogP contribution in [0.3, 0.4) is 0 Å². The predicted molar refractivity (Wildman–Crippen MR) is 99.1 cm³/mol. The molecule has 1 aromatic heterocycles. The van der Waals surface area contributed by atoms with Gasteiger partial charge in [-0.2, -0.15) is 0 Å². The van der Waals surface area contributed by atoms with Crippen LogP contribution >= 0.6 is 0 Å². The summed E-state index contributed by atoms with van der Waals surface area (Å²) in [5, 5.41) is 2.76. The van der Waals surface area contributed by atoms with Crippen molar-refractivity contribution in [2.45, 2.75) is 18.9 Å². The number of methoxy groups -OCH3 is 1. The highest BCUT2D eigenvalue weighted by atomic mass is 16.5. The number of hydrogen-bond donors (Lipinski definition) is 1. The summed E-state index contributed by atoms with van der Waals surface area (Å²) in [7, 11) is 1.68. The zero-order chi connectivity index (χ0) is 17.6. The fourth-order valence-electron chi connectivity index (χ4n) is 3.19. The molecule has 3 rings (SSSR count). The number of aromatic nitrogens is 1. The molecule has 1 aliphatic heterocycles. The van der Waals surface area contributed by atoms with Crippen LogP contribution in [0.2, 0.25) is 0 Å². The van der Waals surface area contributed by atoms with Crippen LogP contribution in [0.25, 0.3) is 0 Å². The van der Waals surface area contributed by atoms with E-state index in [9.17, 15) is 4.79 Å². The maximum absolute atomic E-state index is 12.0. The summed E-state index contributed by atoms with van der Waals surface area (Å²) in [5.41, 5.74) is 1.79. The zero-order valence-corrected chi connectivity index (χ0v) is 14.4. The van der Waals surface area contributed by atoms with Gasteiger partial charge in [-0.05, 0) is 42.7 Å². The fraction of sp³-hybridized carbons (Fsp3) is 0.300. The van der Waals surface area contributed by atoms with Gasteiger partial charge in [-0.1, -0.05) is 18.2 Å². The minimum absolute atomic E-state index is 0.135. The van der Waals surface area contributed by atoms with E-state index in [2.05, 4.69) is 33.9 Å². The van der Waals surface area contributed by atoms with Crippen molar-refractivity contribution in [3.63, 3.8) is 0 Å². The first-order chi connectivity index (χ1) is 12.2. The number of hydrogen-bond acceptors (Lipinski definition) is 4. The van der Waals surface area contributed by atoms with Crippen molar-refractivity contribution in [2.24, 2.45) is 0 Å². The molecule has 0 saturated carbocycles. The molecule has 1 fully saturated rings. The molecule has 0 radical (unpaired) electrons. The molecule has 2 heterocycles. The molecule has 5 nitrogen and oxygen atoms in total. The Labute approximate surface area is 148 Å². The molecule has 1 aromatic carbocycles. The summed E-state index contributed by atoms with van der Waals surface area (Å²) < 4.78 is 5.34. The van der Waals surface area contributed by atoms with Crippen LogP contribution in [0.4, 0.5) is 5.82 Å². The summed E-state index contributed by atoms with van der Waals surface area (Å²) >= 11 is 0. The lowest BCUT2D eigenvalue weighted by atomic mass is 10.0. The van der Waals surface area contributed by atoms with Crippen molar-refractivity contribution in [2.75, 3.05) is 25.1 Å². The Morgan fingerprint density at radius 2 is 2.32 bits per heavy atom. The number of carbonyl (C=O) groups is 1. The van der Waals surface area contributed by atoms with Gasteiger partial charge in [0, 0.05) is 19.3 Å². The molecule has 1 N–H and O–H groups in total. The first-order valence-electron chi connectivity index (χ1n) is 8.48. The Morgan fingerprint density at radius 3 is 3.04 bits per heavy atom. The lowest BCUT2D eigenvalue weighted by molar-refractivity contribution is 0.0957. The van der Waals surface area contributed by atoms with E-state index >= 15 is 0 Å². The van der Waals surface area contributed by atoms with E-state index in [-0.39, 0.29) is 11.9 Å². The standard InChI is InChI=1S/C20H23N3O2/c1-3-11-21-20(24)16-9-10-19(22-14-16)23-12-5-8-18(23)15-6-4-7-17(13-15)25-2/h3-4,6-7,9-10,13-14,18H,1,5,8,11-12H2,2H3,(H,21,24). The fourth-order valence-corrected chi connectivity index (χ4v) is 3.19. The van der Waals surface area contributed by atoms with E-state index in [4.69, 9.17) is 4.74 Å². The molecule has 0 aliphatic carbocycles. The van der Waals surface area contributed by atoms with Gasteiger partial charge >= 0.3 is 0 Å². The first kappa shape index (κ1) is 17.0. The minimum Gasteiger partial charge on any atom is -0.497 e. The summed E-state index contributed by atoms with van der Waals surface area (Å²) in [6.07, 6.45) is 5.49. The molecule has 1 atom stereocenters. The van der Waals surface area contributed by atoms with E-state index in [1.54, 1.807) is 19.4 Å². The van der Waals surface area contributed by atoms with Crippen LogP contribution < -0.4 is 15.0 Å². The van der Waals surface area contributed by atoms with Gasteiger partial charge in [0.15, 0.2) is 0 Å². The molecule has 1 unspecified atom stereocenters. The molecular formula is C20H23N3O2. The van der Waals surface area contributed by atoms with E-state index in [0.717, 1.165) is 31.0 Å². The molecule has 1 amide bonds. The molecule has 25 heavy (non-hydrogen) atoms. The Hall–Kier alpha value is -2.82. The molecule has 0 spiro atoms. The monoisotopic (exact) mass is 337 g/mol. The number of carbonyl (C=O) groups excluding carboxylic acids is 1. The molecular weight excluding hydrogens is 314 g/mol. The predicted octanol–water partition coefficient (Wildman–Crippen LogP) is 3.35. The average Bonchev–Trinajstić information content (AvgIpc) is 3.16. The van der Waals surface area contributed by atoms with Crippen LogP contribution in [-0.4, -0.2) is 31.1 Å². The number of pyridine rings is 1. The summed E-state index contributed by atoms with van der Waals surface area (Å²) in [4.78, 5) is 18.8. The number of anilines is 1. The van der Waals surface area contributed by atoms with Crippen molar-refractivity contribution in [1.82, 2.24) is 10.3 Å². The van der Waals surface area contributed by atoms with Crippen LogP contribution in [0.15, 0.2) is 55.3 Å². The van der Waals surface area contributed by atoms with Gasteiger partial charge in [0.1, 0.15) is 11.6 Å². The maximum Gasteiger partial charge on any atom is 0.253 e. The molecule has 5 heteroatoms. The van der Waals surface area contributed by atoms with Gasteiger partial charge in [0.25, 0.3) is 5.91 Å². The maximum atomic E-state index is 12.0. The van der Waals surface area contributed by atoms with E-state index in [0.29, 0.717) is 12.1 Å². The Balaban J connectivity index is 1.78. The van der Waals surface area contributed by atoms with E-state index < -0.39 is 0 Å². The van der Waals surface area contributed by atoms with E-state index in [1.165, 1.54) is 5.56 Å². The number of rotatable bonds is 6. The Bertz CT molecular complexity index is 743. The number of amides is 1. The Morgan fingerprint density at radius 1 is 1.44 bits per heavy atom. The lowest BCUT2D eigenvalue weighted by Crippen LogP contribution is -2.25. The highest BCUT2D eigenvalue weighted by Gasteiger charge is 2.27. The van der Waals surface area contributed by atoms with Crippen molar-refractivity contribution >= 4 is 11.7 Å². The molecule has 2 aromatic rings. The molecule has 1 aliphatic rings. The average molecular weight is 337 g/mol. The topological polar surface area (TPSA) is 54.5 Å². The molecule has 0 bridgehead atoms. The van der Waals surface area contributed by atoms with Crippen LogP contribution in [0.1, 0.15) is 34.8 Å². The van der Waals surface area contributed by atoms with Gasteiger partial charge in [-0.15, -0.1) is 6.58 Å². The number of ether oxygens (including phenoxy) is 1. The molecule has 130 valence electrons. The van der Waals surface area contributed by atoms with Crippen molar-refractivity contribution in [3.8, 4) is 5.75 Å². The van der Waals surface area contributed by atoms with Gasteiger partial charge in [-0.25, -0.2) is 4.98 Å². The minimum atomic E-state index is -0.135. The SMILES string of the molecule is C=CCNC(=O)c1ccc(N2CCCC2c2cccc(OC)c2)nc1. The third-order valence-electron chi connectivity index (χ3n) is 4.44. The summed E-state index contributed by atoms with van der Waals surface area (Å²) in [6.45, 7) is 5.00. The van der Waals surface area contributed by atoms with Gasteiger partial charge in [0.2, 0.25) is 0 Å². The number of nitrogens with zero attached hydrogens (tertiary/aromatic N) is 2. The van der Waals surface area contributed by atoms with Gasteiger partial charge in [-0.3, -0.25) is 4.79 Å². The summed E-state index contributed by atoms with van der Waals surface area (Å²) in [6, 6.07) is 12.2. The van der Waals surface area contributed by atoms with Crippen molar-refractivity contribution < 1.29 is 9.53 Å². The van der Waals surface area contributed by atoms with Crippen LogP contribution in [0.5, 0.6) is 5.75 Å². The Kier molecular flexibility index (Phi) is 5.33. The zero-order valence-electron chi connectivity index (χ0n) is 14.4. The number of nitrogens with one attached hydrogen (secondary N) is 1. The molecule has 1 saturated heterocycles. The number of benzene rings is 1. The second-order valence-corrected chi connectivity index (χ2v) is 6.03. The summed E-state index contributed by atoms with van der Waals surface area (Å²) in [5.74, 6) is 1.63. The highest BCUT2D eigenvalue weighted by Crippen LogP contribution is 2.36. The van der Waals surface area contributed by atoms with E-state index in [1.807, 2.05) is 24.3 Å². The third-order valence-corrected chi connectivity index (χ3v) is 4.44. The largest absolute Gasteiger partial charge is 0.497 e. The van der Waals surface area contributed by atoms with Gasteiger partial charge in [0.05, 0.1) is 18.7 Å². The second kappa shape index (κ2) is 7.83. The quantitative estimate of drug-likeness (QED) is 0.822. The highest BCUT2D eigenvalue weighted by molar-refractivity contribution is 5.94. The van der Waals surface area contributed by atoms with Crippen LogP contribution in [0, 0.1) is 0 Å². The van der Waals surface area contributed by atoms with Crippen molar-refractivity contribution in [1.29, 1.82) is 0 Å².